The molecule has 13 heavy (non-hydrogen) atoms. The van der Waals surface area contributed by atoms with Crippen LogP contribution >= 0.6 is 0 Å². The number of nitrogens with two attached hydrogens (primary N) is 1. The van der Waals surface area contributed by atoms with E-state index in [1.165, 1.54) is 6.42 Å². The summed E-state index contributed by atoms with van der Waals surface area (Å²) in [4.78, 5) is 0. The van der Waals surface area contributed by atoms with Gasteiger partial charge in [0.15, 0.2) is 0 Å². The molecule has 0 bridgehead atoms. The van der Waals surface area contributed by atoms with E-state index in [1.54, 1.807) is 0 Å². The number of hydrogen-bond acceptors (Lipinski definition) is 3. The molecule has 0 aromatic carbocycles. The van der Waals surface area contributed by atoms with Crippen LogP contribution in [0.2, 0.25) is 0 Å². The van der Waals surface area contributed by atoms with Gasteiger partial charge in [-0.05, 0) is 18.9 Å². The Morgan fingerprint density at radius 2 is 2.08 bits per heavy atom. The van der Waals surface area contributed by atoms with Gasteiger partial charge >= 0.3 is 0 Å². The molecule has 80 valence electrons. The van der Waals surface area contributed by atoms with Gasteiger partial charge in [0.25, 0.3) is 0 Å². The van der Waals surface area contributed by atoms with Crippen LogP contribution in [0.5, 0.6) is 0 Å². The van der Waals surface area contributed by atoms with Crippen LogP contribution in [0.3, 0.4) is 0 Å². The molecule has 0 saturated heterocycles. The van der Waals surface area contributed by atoms with Gasteiger partial charge in [0.2, 0.25) is 0 Å². The minimum Gasteiger partial charge on any atom is -0.379 e. The van der Waals surface area contributed by atoms with Crippen LogP contribution in [0.4, 0.5) is 0 Å². The highest BCUT2D eigenvalue weighted by molar-refractivity contribution is 4.69. The molecule has 0 amide bonds. The Hall–Kier alpha value is -0.120. The molecule has 0 radical (unpaired) electrons. The molecule has 0 spiro atoms. The summed E-state index contributed by atoms with van der Waals surface area (Å²) in [5.74, 6) is 0.615. The fourth-order valence-corrected chi connectivity index (χ4v) is 1.11. The van der Waals surface area contributed by atoms with Crippen LogP contribution in [0.15, 0.2) is 0 Å². The summed E-state index contributed by atoms with van der Waals surface area (Å²) < 4.78 is 5.42. The van der Waals surface area contributed by atoms with Gasteiger partial charge in [0.1, 0.15) is 0 Å². The zero-order valence-corrected chi connectivity index (χ0v) is 9.18. The third-order valence-electron chi connectivity index (χ3n) is 2.02. The van der Waals surface area contributed by atoms with Crippen molar-refractivity contribution in [2.24, 2.45) is 11.7 Å². The normalized spacial score (nSPS) is 13.6. The molecule has 0 aliphatic carbocycles. The van der Waals surface area contributed by atoms with Crippen molar-refractivity contribution < 1.29 is 4.74 Å². The van der Waals surface area contributed by atoms with Gasteiger partial charge in [-0.1, -0.05) is 20.8 Å². The lowest BCUT2D eigenvalue weighted by Crippen LogP contribution is -2.38. The first kappa shape index (κ1) is 12.9. The lowest BCUT2D eigenvalue weighted by Gasteiger charge is -2.21. The summed E-state index contributed by atoms with van der Waals surface area (Å²) in [7, 11) is 0. The van der Waals surface area contributed by atoms with Crippen LogP contribution in [0.25, 0.3) is 0 Å². The first-order chi connectivity index (χ1) is 6.22. The maximum atomic E-state index is 5.42. The molecule has 0 heterocycles. The molecule has 3 N–H and O–H groups in total. The van der Waals surface area contributed by atoms with Gasteiger partial charge in [-0.25, -0.2) is 0 Å². The van der Waals surface area contributed by atoms with Crippen molar-refractivity contribution in [3.63, 3.8) is 0 Å². The minimum atomic E-state index is 0.464. The van der Waals surface area contributed by atoms with Gasteiger partial charge < -0.3 is 15.8 Å². The topological polar surface area (TPSA) is 47.3 Å². The molecule has 3 nitrogen and oxygen atoms in total. The van der Waals surface area contributed by atoms with Crippen molar-refractivity contribution in [3.8, 4) is 0 Å². The van der Waals surface area contributed by atoms with Gasteiger partial charge in [0.05, 0.1) is 13.2 Å². The monoisotopic (exact) mass is 188 g/mol. The molecular formula is C10H24N2O. The van der Waals surface area contributed by atoms with Crippen LogP contribution in [-0.2, 0) is 4.74 Å². The van der Waals surface area contributed by atoms with E-state index in [0.717, 1.165) is 13.2 Å². The molecule has 1 atom stereocenters. The van der Waals surface area contributed by atoms with Crippen molar-refractivity contribution >= 4 is 0 Å². The summed E-state index contributed by atoms with van der Waals surface area (Å²) in [6.45, 7) is 9.70. The highest BCUT2D eigenvalue weighted by atomic mass is 16.5. The third-order valence-corrected chi connectivity index (χ3v) is 2.02. The second-order valence-corrected chi connectivity index (χ2v) is 3.67. The Bertz CT molecular complexity index is 107. The quantitative estimate of drug-likeness (QED) is 0.558. The van der Waals surface area contributed by atoms with Crippen LogP contribution in [0, 0.1) is 5.92 Å². The Morgan fingerprint density at radius 3 is 2.54 bits per heavy atom. The van der Waals surface area contributed by atoms with Gasteiger partial charge in [-0.15, -0.1) is 0 Å². The van der Waals surface area contributed by atoms with E-state index >= 15 is 0 Å². The SMILES string of the molecule is CCCNC(COCCN)C(C)C. The van der Waals surface area contributed by atoms with Gasteiger partial charge in [-0.2, -0.15) is 0 Å². The first-order valence-corrected chi connectivity index (χ1v) is 5.23. The minimum absolute atomic E-state index is 0.464. The van der Waals surface area contributed by atoms with E-state index in [4.69, 9.17) is 10.5 Å². The van der Waals surface area contributed by atoms with Gasteiger partial charge in [-0.3, -0.25) is 0 Å². The fraction of sp³-hybridized carbons (Fsp3) is 1.00. The smallest absolute Gasteiger partial charge is 0.0622 e. The molecule has 0 aliphatic rings. The maximum absolute atomic E-state index is 5.42. The molecule has 0 aliphatic heterocycles. The second kappa shape index (κ2) is 8.48. The largest absolute Gasteiger partial charge is 0.379 e. The molecule has 0 saturated carbocycles. The Labute approximate surface area is 82.0 Å². The molecule has 0 aromatic heterocycles. The second-order valence-electron chi connectivity index (χ2n) is 3.67. The number of rotatable bonds is 8. The van der Waals surface area contributed by atoms with Gasteiger partial charge in [0, 0.05) is 12.6 Å². The lowest BCUT2D eigenvalue weighted by atomic mass is 10.1. The molecule has 0 rings (SSSR count). The molecule has 0 fully saturated rings. The summed E-state index contributed by atoms with van der Waals surface area (Å²) >= 11 is 0. The number of ether oxygens (including phenoxy) is 1. The van der Waals surface area contributed by atoms with E-state index in [-0.39, 0.29) is 0 Å². The number of nitrogens with one attached hydrogen (secondary N) is 1. The summed E-state index contributed by atoms with van der Waals surface area (Å²) in [6, 6.07) is 0.464. The summed E-state index contributed by atoms with van der Waals surface area (Å²) in [6.07, 6.45) is 1.17. The lowest BCUT2D eigenvalue weighted by molar-refractivity contribution is 0.104. The highest BCUT2D eigenvalue weighted by Crippen LogP contribution is 2.01. The van der Waals surface area contributed by atoms with E-state index in [2.05, 4.69) is 26.1 Å². The average Bonchev–Trinajstić information content (AvgIpc) is 2.10. The highest BCUT2D eigenvalue weighted by Gasteiger charge is 2.11. The zero-order valence-electron chi connectivity index (χ0n) is 9.18. The van der Waals surface area contributed by atoms with Crippen LogP contribution in [-0.4, -0.2) is 32.3 Å². The van der Waals surface area contributed by atoms with E-state index in [1.807, 2.05) is 0 Å². The van der Waals surface area contributed by atoms with E-state index in [0.29, 0.717) is 25.1 Å². The molecule has 1 unspecified atom stereocenters. The standard InChI is InChI=1S/C10H24N2O/c1-4-6-12-10(9(2)3)8-13-7-5-11/h9-10,12H,4-8,11H2,1-3H3. The van der Waals surface area contributed by atoms with Crippen LogP contribution < -0.4 is 11.1 Å². The number of hydrogen-bond donors (Lipinski definition) is 2. The third kappa shape index (κ3) is 6.99. The molecule has 0 aromatic rings. The predicted octanol–water partition coefficient (Wildman–Crippen LogP) is 0.986. The van der Waals surface area contributed by atoms with E-state index < -0.39 is 0 Å². The average molecular weight is 188 g/mol. The van der Waals surface area contributed by atoms with Crippen molar-refractivity contribution in [1.82, 2.24) is 5.32 Å². The Morgan fingerprint density at radius 1 is 1.38 bits per heavy atom. The Balaban J connectivity index is 3.54. The van der Waals surface area contributed by atoms with Crippen molar-refractivity contribution in [2.45, 2.75) is 33.2 Å². The van der Waals surface area contributed by atoms with Crippen LogP contribution in [0.1, 0.15) is 27.2 Å². The molecular weight excluding hydrogens is 164 g/mol. The first-order valence-electron chi connectivity index (χ1n) is 5.23. The Kier molecular flexibility index (Phi) is 8.40. The summed E-state index contributed by atoms with van der Waals surface area (Å²) in [5.41, 5.74) is 5.35. The zero-order chi connectivity index (χ0) is 10.1. The van der Waals surface area contributed by atoms with Crippen molar-refractivity contribution in [3.05, 3.63) is 0 Å². The predicted molar refractivity (Wildman–Crippen MR) is 56.8 cm³/mol. The fourth-order valence-electron chi connectivity index (χ4n) is 1.11. The van der Waals surface area contributed by atoms with Crippen molar-refractivity contribution in [1.29, 1.82) is 0 Å². The molecule has 3 heteroatoms. The summed E-state index contributed by atoms with van der Waals surface area (Å²) in [5, 5.41) is 3.46. The van der Waals surface area contributed by atoms with E-state index in [9.17, 15) is 0 Å². The maximum Gasteiger partial charge on any atom is 0.0622 e. The van der Waals surface area contributed by atoms with Crippen molar-refractivity contribution in [2.75, 3.05) is 26.3 Å².